The third kappa shape index (κ3) is 3.56. The van der Waals surface area contributed by atoms with Gasteiger partial charge < -0.3 is 9.13 Å². The van der Waals surface area contributed by atoms with Crippen LogP contribution in [0.2, 0.25) is 0 Å². The minimum absolute atomic E-state index is 1.17. The fraction of sp³-hybridized carbons (Fsp3) is 0. The molecular weight excluding hydrogens is 565 g/mol. The molecule has 3 heteroatoms. The van der Waals surface area contributed by atoms with E-state index in [9.17, 15) is 0 Å². The lowest BCUT2D eigenvalue weighted by atomic mass is 10.0. The minimum Gasteiger partial charge on any atom is -0.309 e. The second-order valence-electron chi connectivity index (χ2n) is 11.8. The summed E-state index contributed by atoms with van der Waals surface area (Å²) in [6, 6.07) is 57.7. The molecule has 10 rings (SSSR count). The number of nitrogens with zero attached hydrogens (tertiary/aromatic N) is 2. The van der Waals surface area contributed by atoms with Crippen molar-refractivity contribution in [3.63, 3.8) is 0 Å². The fourth-order valence-electron chi connectivity index (χ4n) is 7.36. The number of benzene rings is 7. The van der Waals surface area contributed by atoms with Crippen LogP contribution in [0, 0.1) is 0 Å². The van der Waals surface area contributed by atoms with Gasteiger partial charge in [0.15, 0.2) is 0 Å². The van der Waals surface area contributed by atoms with E-state index in [1.807, 2.05) is 11.3 Å². The van der Waals surface area contributed by atoms with Crippen molar-refractivity contribution in [3.8, 4) is 22.5 Å². The highest BCUT2D eigenvalue weighted by Crippen LogP contribution is 2.42. The van der Waals surface area contributed by atoms with Crippen LogP contribution < -0.4 is 0 Å². The summed E-state index contributed by atoms with van der Waals surface area (Å²) in [6.45, 7) is 0. The third-order valence-electron chi connectivity index (χ3n) is 9.30. The normalized spacial score (nSPS) is 12.0. The predicted octanol–water partition coefficient (Wildman–Crippen LogP) is 11.9. The molecule has 0 unspecified atom stereocenters. The Balaban J connectivity index is 1.27. The van der Waals surface area contributed by atoms with Crippen molar-refractivity contribution in [1.29, 1.82) is 0 Å². The van der Waals surface area contributed by atoms with Crippen LogP contribution in [0.3, 0.4) is 0 Å². The molecule has 0 amide bonds. The Hall–Kier alpha value is -5.64. The lowest BCUT2D eigenvalue weighted by Gasteiger charge is -2.12. The Morgan fingerprint density at radius 2 is 1.00 bits per heavy atom. The average molecular weight is 591 g/mol. The van der Waals surface area contributed by atoms with Crippen LogP contribution in [0.1, 0.15) is 0 Å². The smallest absolute Gasteiger partial charge is 0.0641 e. The molecule has 0 aliphatic heterocycles. The molecule has 0 aliphatic carbocycles. The summed E-state index contributed by atoms with van der Waals surface area (Å²) in [7, 11) is 0. The summed E-state index contributed by atoms with van der Waals surface area (Å²) in [6.07, 6.45) is 0. The van der Waals surface area contributed by atoms with Crippen molar-refractivity contribution in [3.05, 3.63) is 158 Å². The molecule has 0 saturated carbocycles. The van der Waals surface area contributed by atoms with Gasteiger partial charge in [0.2, 0.25) is 0 Å². The summed E-state index contributed by atoms with van der Waals surface area (Å²) < 4.78 is 7.55. The van der Waals surface area contributed by atoms with Gasteiger partial charge in [-0.15, -0.1) is 11.3 Å². The molecule has 7 aromatic carbocycles. The first-order valence-electron chi connectivity index (χ1n) is 15.4. The molecule has 0 spiro atoms. The zero-order valence-corrected chi connectivity index (χ0v) is 25.1. The molecule has 0 saturated heterocycles. The summed E-state index contributed by atoms with van der Waals surface area (Å²) in [5.74, 6) is 0. The topological polar surface area (TPSA) is 9.86 Å². The first-order chi connectivity index (χ1) is 22.3. The number of aromatic nitrogens is 2. The lowest BCUT2D eigenvalue weighted by Crippen LogP contribution is -1.95. The maximum absolute atomic E-state index is 2.48. The Kier molecular flexibility index (Phi) is 5.19. The fourth-order valence-corrected chi connectivity index (χ4v) is 8.51. The van der Waals surface area contributed by atoms with Gasteiger partial charge in [0.1, 0.15) is 0 Å². The lowest BCUT2D eigenvalue weighted by molar-refractivity contribution is 1.17. The molecule has 10 aromatic rings. The summed E-state index contributed by atoms with van der Waals surface area (Å²) in [4.78, 5) is 0. The van der Waals surface area contributed by atoms with Gasteiger partial charge in [0.05, 0.1) is 22.1 Å². The third-order valence-corrected chi connectivity index (χ3v) is 10.4. The van der Waals surface area contributed by atoms with Crippen LogP contribution in [0.4, 0.5) is 0 Å². The van der Waals surface area contributed by atoms with Crippen molar-refractivity contribution in [1.82, 2.24) is 9.13 Å². The van der Waals surface area contributed by atoms with Crippen molar-refractivity contribution in [2.24, 2.45) is 0 Å². The van der Waals surface area contributed by atoms with E-state index in [-0.39, 0.29) is 0 Å². The average Bonchev–Trinajstić information content (AvgIpc) is 3.76. The SMILES string of the molecule is c1ccc(-n2c3ccccc3c3c2ccc2c4ccccc4n(-c4cccc(-c5ccc6c(c5)sc5ccccc56)c4)c23)cc1. The molecule has 3 heterocycles. The Morgan fingerprint density at radius 3 is 1.87 bits per heavy atom. The van der Waals surface area contributed by atoms with E-state index in [0.29, 0.717) is 0 Å². The van der Waals surface area contributed by atoms with Gasteiger partial charge in [-0.3, -0.25) is 0 Å². The highest BCUT2D eigenvalue weighted by atomic mass is 32.1. The molecule has 0 atom stereocenters. The summed E-state index contributed by atoms with van der Waals surface area (Å²) in [5.41, 5.74) is 9.69. The van der Waals surface area contributed by atoms with E-state index < -0.39 is 0 Å². The Labute approximate surface area is 263 Å². The molecule has 45 heavy (non-hydrogen) atoms. The predicted molar refractivity (Wildman–Crippen MR) is 193 cm³/mol. The van der Waals surface area contributed by atoms with Crippen LogP contribution in [0.15, 0.2) is 158 Å². The molecule has 0 radical (unpaired) electrons. The number of rotatable bonds is 3. The Bertz CT molecular complexity index is 2760. The monoisotopic (exact) mass is 590 g/mol. The van der Waals surface area contributed by atoms with Gasteiger partial charge in [0.25, 0.3) is 0 Å². The van der Waals surface area contributed by atoms with Crippen LogP contribution in [0.25, 0.3) is 86.3 Å². The van der Waals surface area contributed by atoms with Crippen LogP contribution in [-0.4, -0.2) is 9.13 Å². The number of hydrogen-bond acceptors (Lipinski definition) is 1. The van der Waals surface area contributed by atoms with E-state index in [1.165, 1.54) is 86.3 Å². The van der Waals surface area contributed by atoms with E-state index in [4.69, 9.17) is 0 Å². The zero-order valence-electron chi connectivity index (χ0n) is 24.3. The summed E-state index contributed by atoms with van der Waals surface area (Å²) >= 11 is 1.87. The molecule has 3 aromatic heterocycles. The van der Waals surface area contributed by atoms with Gasteiger partial charge in [-0.1, -0.05) is 103 Å². The van der Waals surface area contributed by atoms with Gasteiger partial charge in [-0.25, -0.2) is 0 Å². The van der Waals surface area contributed by atoms with Crippen molar-refractivity contribution >= 4 is 75.1 Å². The number of hydrogen-bond donors (Lipinski definition) is 0. The second-order valence-corrected chi connectivity index (χ2v) is 12.8. The quantitative estimate of drug-likeness (QED) is 0.194. The van der Waals surface area contributed by atoms with Crippen molar-refractivity contribution in [2.75, 3.05) is 0 Å². The molecule has 0 fully saturated rings. The summed E-state index contributed by atoms with van der Waals surface area (Å²) in [5, 5.41) is 7.74. The standard InChI is InChI=1S/C42H26N2S/c1-2-12-29(13-3-1)43-37-19-8-5-17-35(37)41-38(43)24-23-34-31-15-4-7-18-36(31)44(42(34)41)30-14-10-11-27(25-30)28-21-22-33-32-16-6-9-20-39(32)45-40(33)26-28/h1-26H. The van der Waals surface area contributed by atoms with Crippen molar-refractivity contribution < 1.29 is 0 Å². The van der Waals surface area contributed by atoms with E-state index in [1.54, 1.807) is 0 Å². The number of para-hydroxylation sites is 3. The van der Waals surface area contributed by atoms with Gasteiger partial charge in [-0.2, -0.15) is 0 Å². The minimum atomic E-state index is 1.17. The second kappa shape index (κ2) is 9.43. The molecule has 2 nitrogen and oxygen atoms in total. The Morgan fingerprint density at radius 1 is 0.356 bits per heavy atom. The number of thiophene rings is 1. The number of fused-ring (bicyclic) bond motifs is 10. The van der Waals surface area contributed by atoms with Crippen molar-refractivity contribution in [2.45, 2.75) is 0 Å². The van der Waals surface area contributed by atoms with E-state index in [2.05, 4.69) is 167 Å². The van der Waals surface area contributed by atoms with Gasteiger partial charge >= 0.3 is 0 Å². The highest BCUT2D eigenvalue weighted by molar-refractivity contribution is 7.25. The van der Waals surface area contributed by atoms with E-state index in [0.717, 1.165) is 0 Å². The van der Waals surface area contributed by atoms with E-state index >= 15 is 0 Å². The van der Waals surface area contributed by atoms with Gasteiger partial charge in [-0.05, 0) is 65.7 Å². The molecule has 0 bridgehead atoms. The molecule has 0 N–H and O–H groups in total. The van der Waals surface area contributed by atoms with Crippen LogP contribution in [0.5, 0.6) is 0 Å². The van der Waals surface area contributed by atoms with Crippen LogP contribution in [-0.2, 0) is 0 Å². The zero-order chi connectivity index (χ0) is 29.5. The highest BCUT2D eigenvalue weighted by Gasteiger charge is 2.20. The van der Waals surface area contributed by atoms with Crippen LogP contribution >= 0.6 is 11.3 Å². The largest absolute Gasteiger partial charge is 0.309 e. The first-order valence-corrected chi connectivity index (χ1v) is 16.2. The molecule has 0 aliphatic rings. The first kappa shape index (κ1) is 24.8. The molecule has 210 valence electrons. The maximum atomic E-state index is 2.48. The maximum Gasteiger partial charge on any atom is 0.0641 e. The molecular formula is C42H26N2S. The van der Waals surface area contributed by atoms with Gasteiger partial charge in [0, 0.05) is 53.1 Å².